The molecule has 0 amide bonds. The van der Waals surface area contributed by atoms with E-state index in [9.17, 15) is 28.8 Å². The van der Waals surface area contributed by atoms with Crippen molar-refractivity contribution in [2.75, 3.05) is 19.8 Å². The van der Waals surface area contributed by atoms with Gasteiger partial charge in [0.1, 0.15) is 51.7 Å². The van der Waals surface area contributed by atoms with E-state index < -0.39 is 35.8 Å². The van der Waals surface area contributed by atoms with Gasteiger partial charge in [-0.2, -0.15) is 0 Å². The van der Waals surface area contributed by atoms with Gasteiger partial charge in [-0.15, -0.1) is 0 Å². The van der Waals surface area contributed by atoms with E-state index in [1.807, 2.05) is 0 Å². The summed E-state index contributed by atoms with van der Waals surface area (Å²) in [5.41, 5.74) is 1.16. The third kappa shape index (κ3) is 29.8. The highest BCUT2D eigenvalue weighted by Crippen LogP contribution is 2.32. The van der Waals surface area contributed by atoms with E-state index in [4.69, 9.17) is 42.6 Å². The Morgan fingerprint density at radius 1 is 0.192 bits per heavy atom. The number of hydrogen-bond acceptors (Lipinski definition) is 15. The van der Waals surface area contributed by atoms with Crippen LogP contribution in [-0.4, -0.2) is 55.6 Å². The van der Waals surface area contributed by atoms with Gasteiger partial charge < -0.3 is 42.6 Å². The average Bonchev–Trinajstić information content (AvgIpc) is 0.871. The van der Waals surface area contributed by atoms with Gasteiger partial charge in [0, 0.05) is 18.2 Å². The van der Waals surface area contributed by atoms with Crippen molar-refractivity contribution in [2.45, 2.75) is 213 Å². The Labute approximate surface area is 586 Å². The lowest BCUT2D eigenvalue weighted by molar-refractivity contribution is 0.0715. The minimum Gasteiger partial charge on any atom is -0.494 e. The molecule has 0 saturated heterocycles. The summed E-state index contributed by atoms with van der Waals surface area (Å²) in [6.45, 7) is 8.50. The highest BCUT2D eigenvalue weighted by Gasteiger charge is 2.20. The third-order valence-electron chi connectivity index (χ3n) is 17.0. The van der Waals surface area contributed by atoms with E-state index in [-0.39, 0.29) is 51.2 Å². The second-order valence-corrected chi connectivity index (χ2v) is 25.2. The Hall–Kier alpha value is -9.24. The van der Waals surface area contributed by atoms with Crippen molar-refractivity contribution in [3.8, 4) is 51.7 Å². The lowest BCUT2D eigenvalue weighted by atomic mass is 10.1. The van der Waals surface area contributed by atoms with Crippen molar-refractivity contribution in [3.63, 3.8) is 0 Å². The van der Waals surface area contributed by atoms with Crippen molar-refractivity contribution < 1.29 is 71.4 Å². The molecule has 0 bridgehead atoms. The van der Waals surface area contributed by atoms with Crippen molar-refractivity contribution in [3.05, 3.63) is 197 Å². The maximum Gasteiger partial charge on any atom is 0.343 e. The molecule has 528 valence electrons. The molecule has 15 heteroatoms. The Morgan fingerprint density at radius 3 is 0.525 bits per heavy atom. The highest BCUT2D eigenvalue weighted by atomic mass is 16.6. The van der Waals surface area contributed by atoms with Gasteiger partial charge in [0.25, 0.3) is 0 Å². The topological polar surface area (TPSA) is 185 Å². The number of benzene rings is 7. The molecule has 0 aliphatic rings. The van der Waals surface area contributed by atoms with Gasteiger partial charge in [0.05, 0.1) is 53.2 Å². The van der Waals surface area contributed by atoms with Crippen LogP contribution in [0.25, 0.3) is 0 Å². The lowest BCUT2D eigenvalue weighted by Gasteiger charge is -2.12. The Kier molecular flexibility index (Phi) is 35.3. The maximum atomic E-state index is 13.7. The summed E-state index contributed by atoms with van der Waals surface area (Å²) < 4.78 is 51.9. The zero-order valence-corrected chi connectivity index (χ0v) is 58.5. The first-order valence-corrected chi connectivity index (χ1v) is 36.4. The first-order valence-electron chi connectivity index (χ1n) is 36.4. The van der Waals surface area contributed by atoms with E-state index >= 15 is 0 Å². The fourth-order valence-corrected chi connectivity index (χ4v) is 11.1. The van der Waals surface area contributed by atoms with Crippen molar-refractivity contribution >= 4 is 35.8 Å². The zero-order valence-electron chi connectivity index (χ0n) is 58.5. The van der Waals surface area contributed by atoms with Gasteiger partial charge in [-0.25, -0.2) is 28.8 Å². The van der Waals surface area contributed by atoms with Crippen molar-refractivity contribution in [1.82, 2.24) is 0 Å². The van der Waals surface area contributed by atoms with Crippen LogP contribution in [0.15, 0.2) is 164 Å². The number of ether oxygens (including phenoxy) is 9. The number of hydrogen-bond donors (Lipinski definition) is 0. The first kappa shape index (κ1) is 77.1. The van der Waals surface area contributed by atoms with Crippen LogP contribution >= 0.6 is 0 Å². The summed E-state index contributed by atoms with van der Waals surface area (Å²) in [4.78, 5) is 80.5. The van der Waals surface area contributed by atoms with Gasteiger partial charge >= 0.3 is 35.8 Å². The van der Waals surface area contributed by atoms with Crippen LogP contribution in [0.2, 0.25) is 0 Å². The molecule has 0 fully saturated rings. The van der Waals surface area contributed by atoms with Gasteiger partial charge in [-0.3, -0.25) is 0 Å². The van der Waals surface area contributed by atoms with Crippen LogP contribution in [0.5, 0.6) is 51.7 Å². The van der Waals surface area contributed by atoms with Crippen LogP contribution < -0.4 is 42.6 Å². The summed E-state index contributed by atoms with van der Waals surface area (Å²) in [5.74, 6) is -2.31. The molecule has 0 aliphatic heterocycles. The number of esters is 6. The average molecular weight is 1350 g/mol. The molecule has 15 nitrogen and oxygen atoms in total. The van der Waals surface area contributed by atoms with Gasteiger partial charge in [0.15, 0.2) is 0 Å². The molecular weight excluding hydrogens is 1250 g/mol. The van der Waals surface area contributed by atoms with Crippen LogP contribution in [0, 0.1) is 0 Å². The van der Waals surface area contributed by atoms with E-state index in [1.54, 1.807) is 72.8 Å². The predicted octanol–water partition coefficient (Wildman–Crippen LogP) is 21.9. The number of unbranched alkanes of at least 4 members (excludes halogenated alkanes) is 27. The number of rotatable bonds is 48. The van der Waals surface area contributed by atoms with Crippen LogP contribution in [0.1, 0.15) is 276 Å². The monoisotopic (exact) mass is 1350 g/mol. The van der Waals surface area contributed by atoms with Gasteiger partial charge in [0.2, 0.25) is 0 Å². The van der Waals surface area contributed by atoms with Crippen molar-refractivity contribution in [1.29, 1.82) is 0 Å². The third-order valence-corrected chi connectivity index (χ3v) is 17.0. The quantitative estimate of drug-likeness (QED) is 0.0199. The predicted molar refractivity (Wildman–Crippen MR) is 387 cm³/mol. The molecule has 7 rings (SSSR count). The van der Waals surface area contributed by atoms with E-state index in [1.165, 1.54) is 245 Å². The van der Waals surface area contributed by atoms with Gasteiger partial charge in [-0.05, 0) is 165 Å². The summed E-state index contributed by atoms with van der Waals surface area (Å²) >= 11 is 0. The largest absolute Gasteiger partial charge is 0.494 e. The fraction of sp³-hybridized carbons (Fsp3) is 0.429. The number of carbonyl (C=O) groups excluding carboxylic acids is 6. The Morgan fingerprint density at radius 2 is 0.343 bits per heavy atom. The smallest absolute Gasteiger partial charge is 0.343 e. The molecule has 99 heavy (non-hydrogen) atoms. The molecule has 7 aromatic carbocycles. The van der Waals surface area contributed by atoms with Gasteiger partial charge in [-0.1, -0.05) is 194 Å². The Bertz CT molecular complexity index is 3110. The molecule has 0 N–H and O–H groups in total. The van der Waals surface area contributed by atoms with Crippen LogP contribution in [-0.2, 0) is 0 Å². The zero-order chi connectivity index (χ0) is 69.9. The second kappa shape index (κ2) is 45.4. The minimum atomic E-state index is -0.843. The molecule has 0 radical (unpaired) electrons. The van der Waals surface area contributed by atoms with Crippen molar-refractivity contribution in [2.24, 2.45) is 0 Å². The first-order chi connectivity index (χ1) is 48.5. The molecule has 0 aliphatic carbocycles. The molecule has 0 spiro atoms. The summed E-state index contributed by atoms with van der Waals surface area (Å²) in [7, 11) is 0. The van der Waals surface area contributed by atoms with E-state index in [0.29, 0.717) is 53.8 Å². The molecule has 0 aromatic heterocycles. The minimum absolute atomic E-state index is 0.0721. The maximum absolute atomic E-state index is 13.7. The SMILES string of the molecule is CCCCCCCCCCCCOc1ccc(C(=O)Oc2ccc(C(=O)Oc3cc(OC(=O)c4ccc(OC(=O)c5ccc(OCCCCCCCCCCCC)cc5)cc4)cc(OC(=O)c4ccc(OC(=O)c5ccc(OCCCCCCCCCCCC)cc5)cc4)c3)cc2)cc1. The molecule has 0 saturated carbocycles. The highest BCUT2D eigenvalue weighted by molar-refractivity contribution is 5.95. The summed E-state index contributed by atoms with van der Waals surface area (Å²) in [6.07, 6.45) is 37.1. The van der Waals surface area contributed by atoms with E-state index in [2.05, 4.69) is 20.8 Å². The molecule has 0 unspecified atom stereocenters. The molecule has 7 aromatic rings. The number of carbonyl (C=O) groups is 6. The summed E-state index contributed by atoms with van der Waals surface area (Å²) in [5, 5.41) is 0. The Balaban J connectivity index is 0.922. The lowest BCUT2D eigenvalue weighted by Crippen LogP contribution is -2.13. The molecule has 0 heterocycles. The normalized spacial score (nSPS) is 10.9. The summed E-state index contributed by atoms with van der Waals surface area (Å²) in [6, 6.07) is 41.2. The molecule has 0 atom stereocenters. The van der Waals surface area contributed by atoms with Crippen LogP contribution in [0.3, 0.4) is 0 Å². The second-order valence-electron chi connectivity index (χ2n) is 25.2. The fourth-order valence-electron chi connectivity index (χ4n) is 11.1. The molecular formula is C84H102O15. The van der Waals surface area contributed by atoms with Crippen LogP contribution in [0.4, 0.5) is 0 Å². The standard InChI is InChI=1S/C84H102O15/c1-4-7-10-13-16-19-22-25-28-31-58-91-70-46-34-64(35-47-70)79(85)94-73-52-40-67(41-53-73)82(88)97-76-61-77(98-83(89)68-42-54-74(55-43-68)95-80(86)65-36-48-71(49-37-65)92-59-32-29-26-23-20-17-14-11-8-5-2)63-78(62-76)99-84(90)69-44-56-75(57-45-69)96-81(87)66-38-50-72(51-39-66)93-60-33-30-27-24-21-18-15-12-9-6-3/h34-57,61-63H,4-33,58-60H2,1-3H3. The van der Waals surface area contributed by atoms with E-state index in [0.717, 1.165) is 38.5 Å².